The maximum Gasteiger partial charge on any atom is 0.573 e. The van der Waals surface area contributed by atoms with Crippen LogP contribution in [0.1, 0.15) is 17.8 Å². The first-order valence-electron chi connectivity index (χ1n) is 3.78. The Labute approximate surface area is 86.1 Å². The first-order valence-corrected chi connectivity index (χ1v) is 3.78. The molecule has 8 heteroatoms. The van der Waals surface area contributed by atoms with Crippen LogP contribution in [-0.2, 0) is 0 Å². The quantitative estimate of drug-likeness (QED) is 0.744. The largest absolute Gasteiger partial charge is 0.573 e. The van der Waals surface area contributed by atoms with E-state index in [1.165, 1.54) is 6.07 Å². The molecule has 0 aliphatic heterocycles. The van der Waals surface area contributed by atoms with Crippen LogP contribution in [0.25, 0.3) is 0 Å². The van der Waals surface area contributed by atoms with Gasteiger partial charge in [-0.15, -0.1) is 13.2 Å². The Morgan fingerprint density at radius 3 is 2.38 bits per heavy atom. The summed E-state index contributed by atoms with van der Waals surface area (Å²) in [6, 6.07) is 2.53. The van der Waals surface area contributed by atoms with Crippen LogP contribution < -0.4 is 4.74 Å². The summed E-state index contributed by atoms with van der Waals surface area (Å²) < 4.78 is 63.1. The third-order valence-corrected chi connectivity index (χ3v) is 1.43. The number of hydrogen-bond donors (Lipinski definition) is 0. The summed E-state index contributed by atoms with van der Waals surface area (Å²) in [7, 11) is 0. The number of halogens is 5. The van der Waals surface area contributed by atoms with Crippen LogP contribution in [0.15, 0.2) is 12.1 Å². The summed E-state index contributed by atoms with van der Waals surface area (Å²) in [6.07, 6.45) is -7.97. The molecule has 1 aromatic rings. The highest BCUT2D eigenvalue weighted by Gasteiger charge is 2.32. The Hall–Kier alpha value is -1.91. The van der Waals surface area contributed by atoms with Gasteiger partial charge in [0.2, 0.25) is 0 Å². The monoisotopic (exact) mass is 238 g/mol. The van der Waals surface area contributed by atoms with Crippen molar-refractivity contribution in [3.05, 3.63) is 23.5 Å². The summed E-state index contributed by atoms with van der Waals surface area (Å²) in [5.74, 6) is -0.903. The Kier molecular flexibility index (Phi) is 3.27. The third-order valence-electron chi connectivity index (χ3n) is 1.43. The minimum Gasteiger partial charge on any atom is -0.403 e. The molecule has 0 bridgehead atoms. The highest BCUT2D eigenvalue weighted by molar-refractivity contribution is 5.38. The fraction of sp³-hybridized carbons (Fsp3) is 0.250. The van der Waals surface area contributed by atoms with E-state index >= 15 is 0 Å². The molecular weight excluding hydrogens is 235 g/mol. The molecule has 16 heavy (non-hydrogen) atoms. The number of nitriles is 1. The van der Waals surface area contributed by atoms with E-state index in [2.05, 4.69) is 9.72 Å². The third kappa shape index (κ3) is 3.05. The molecule has 0 N–H and O–H groups in total. The standard InChI is InChI=1S/C8H3F5N2O/c9-7(10)4-1-2-6(5(3-14)15-4)16-8(11,12)13/h1-2,7H. The topological polar surface area (TPSA) is 45.9 Å². The van der Waals surface area contributed by atoms with Crippen molar-refractivity contribution in [3.8, 4) is 11.8 Å². The van der Waals surface area contributed by atoms with Gasteiger partial charge >= 0.3 is 6.36 Å². The molecule has 0 aromatic carbocycles. The van der Waals surface area contributed by atoms with E-state index in [0.29, 0.717) is 12.1 Å². The zero-order chi connectivity index (χ0) is 12.3. The maximum atomic E-state index is 12.1. The zero-order valence-electron chi connectivity index (χ0n) is 7.42. The number of alkyl halides is 5. The van der Waals surface area contributed by atoms with Gasteiger partial charge in [-0.25, -0.2) is 13.8 Å². The number of hydrogen-bond acceptors (Lipinski definition) is 3. The Morgan fingerprint density at radius 1 is 1.31 bits per heavy atom. The highest BCUT2D eigenvalue weighted by Crippen LogP contribution is 2.27. The molecule has 86 valence electrons. The van der Waals surface area contributed by atoms with Crippen molar-refractivity contribution >= 4 is 0 Å². The minimum atomic E-state index is -5.00. The lowest BCUT2D eigenvalue weighted by Crippen LogP contribution is -2.18. The number of nitrogens with zero attached hydrogens (tertiary/aromatic N) is 2. The lowest BCUT2D eigenvalue weighted by atomic mass is 10.3. The van der Waals surface area contributed by atoms with Crippen molar-refractivity contribution in [2.45, 2.75) is 12.8 Å². The van der Waals surface area contributed by atoms with Crippen LogP contribution in [0.3, 0.4) is 0 Å². The summed E-state index contributed by atoms with van der Waals surface area (Å²) in [4.78, 5) is 3.04. The van der Waals surface area contributed by atoms with Gasteiger partial charge in [0.1, 0.15) is 11.8 Å². The number of aromatic nitrogens is 1. The van der Waals surface area contributed by atoms with Crippen molar-refractivity contribution in [2.75, 3.05) is 0 Å². The van der Waals surface area contributed by atoms with Crippen LogP contribution in [0, 0.1) is 11.3 Å². The molecule has 0 radical (unpaired) electrons. The van der Waals surface area contributed by atoms with Crippen LogP contribution in [-0.4, -0.2) is 11.3 Å². The smallest absolute Gasteiger partial charge is 0.403 e. The van der Waals surface area contributed by atoms with Crippen LogP contribution in [0.5, 0.6) is 5.75 Å². The minimum absolute atomic E-state index is 0.626. The normalized spacial score (nSPS) is 11.3. The maximum absolute atomic E-state index is 12.1. The summed E-state index contributed by atoms with van der Waals surface area (Å²) in [5, 5.41) is 8.42. The summed E-state index contributed by atoms with van der Waals surface area (Å²) in [6.45, 7) is 0. The molecule has 0 aliphatic carbocycles. The fourth-order valence-electron chi connectivity index (χ4n) is 0.870. The van der Waals surface area contributed by atoms with Gasteiger partial charge in [-0.3, -0.25) is 0 Å². The molecule has 0 unspecified atom stereocenters. The van der Waals surface area contributed by atoms with Crippen molar-refractivity contribution < 1.29 is 26.7 Å². The second-order valence-corrected chi connectivity index (χ2v) is 2.54. The van der Waals surface area contributed by atoms with Crippen molar-refractivity contribution in [1.82, 2.24) is 4.98 Å². The molecule has 0 saturated heterocycles. The predicted molar refractivity (Wildman–Crippen MR) is 40.6 cm³/mol. The van der Waals surface area contributed by atoms with E-state index in [-0.39, 0.29) is 0 Å². The van der Waals surface area contributed by atoms with Gasteiger partial charge in [0, 0.05) is 0 Å². The first-order chi connectivity index (χ1) is 7.33. The SMILES string of the molecule is N#Cc1nc(C(F)F)ccc1OC(F)(F)F. The van der Waals surface area contributed by atoms with Gasteiger partial charge in [-0.05, 0) is 12.1 Å². The second kappa shape index (κ2) is 4.30. The molecule has 3 nitrogen and oxygen atoms in total. The van der Waals surface area contributed by atoms with Gasteiger partial charge in [0.15, 0.2) is 11.4 Å². The Morgan fingerprint density at radius 2 is 1.94 bits per heavy atom. The number of rotatable bonds is 2. The van der Waals surface area contributed by atoms with Gasteiger partial charge < -0.3 is 4.74 Å². The van der Waals surface area contributed by atoms with Crippen LogP contribution in [0.2, 0.25) is 0 Å². The van der Waals surface area contributed by atoms with E-state index < -0.39 is 29.9 Å². The number of pyridine rings is 1. The van der Waals surface area contributed by atoms with E-state index in [9.17, 15) is 22.0 Å². The van der Waals surface area contributed by atoms with E-state index in [1.807, 2.05) is 0 Å². The van der Waals surface area contributed by atoms with Gasteiger partial charge in [-0.1, -0.05) is 0 Å². The van der Waals surface area contributed by atoms with Gasteiger partial charge in [-0.2, -0.15) is 5.26 Å². The lowest BCUT2D eigenvalue weighted by Gasteiger charge is -2.10. The Bertz CT molecular complexity index is 423. The molecular formula is C8H3F5N2O. The van der Waals surface area contributed by atoms with Crippen LogP contribution in [0.4, 0.5) is 22.0 Å². The van der Waals surface area contributed by atoms with Crippen molar-refractivity contribution in [1.29, 1.82) is 5.26 Å². The van der Waals surface area contributed by atoms with Gasteiger partial charge in [0.05, 0.1) is 0 Å². The van der Waals surface area contributed by atoms with Crippen LogP contribution >= 0.6 is 0 Å². The molecule has 0 atom stereocenters. The summed E-state index contributed by atoms with van der Waals surface area (Å²) in [5.41, 5.74) is -1.62. The second-order valence-electron chi connectivity index (χ2n) is 2.54. The first kappa shape index (κ1) is 12.2. The van der Waals surface area contributed by atoms with E-state index in [1.54, 1.807) is 0 Å². The zero-order valence-corrected chi connectivity index (χ0v) is 7.42. The molecule has 0 fully saturated rings. The molecule has 0 aliphatic rings. The average Bonchev–Trinajstić information content (AvgIpc) is 2.15. The van der Waals surface area contributed by atoms with Gasteiger partial charge in [0.25, 0.3) is 6.43 Å². The lowest BCUT2D eigenvalue weighted by molar-refractivity contribution is -0.274. The molecule has 0 saturated carbocycles. The number of ether oxygens (including phenoxy) is 1. The molecule has 0 spiro atoms. The Balaban J connectivity index is 3.09. The molecule has 1 rings (SSSR count). The highest BCUT2D eigenvalue weighted by atomic mass is 19.4. The van der Waals surface area contributed by atoms with Crippen molar-refractivity contribution in [2.24, 2.45) is 0 Å². The van der Waals surface area contributed by atoms with E-state index in [4.69, 9.17) is 5.26 Å². The molecule has 1 aromatic heterocycles. The van der Waals surface area contributed by atoms with Crippen molar-refractivity contribution in [3.63, 3.8) is 0 Å². The van der Waals surface area contributed by atoms with E-state index in [0.717, 1.165) is 0 Å². The molecule has 1 heterocycles. The fourth-order valence-corrected chi connectivity index (χ4v) is 0.870. The summed E-state index contributed by atoms with van der Waals surface area (Å²) >= 11 is 0. The molecule has 0 amide bonds. The average molecular weight is 238 g/mol. The predicted octanol–water partition coefficient (Wildman–Crippen LogP) is 2.79.